The molecule has 0 aliphatic heterocycles. The number of halogens is 2. The molecule has 4 nitrogen and oxygen atoms in total. The molecule has 1 N–H and O–H groups in total. The number of anilines is 1. The Bertz CT molecular complexity index is 803. The molecular weight excluding hydrogens is 361 g/mol. The number of amides is 1. The molecular formula is C19H17Cl2NO3. The molecule has 0 bridgehead atoms. The highest BCUT2D eigenvalue weighted by Crippen LogP contribution is 2.22. The summed E-state index contributed by atoms with van der Waals surface area (Å²) in [4.78, 5) is 23.9. The third-order valence-electron chi connectivity index (χ3n) is 3.18. The second-order valence-electron chi connectivity index (χ2n) is 5.21. The van der Waals surface area contributed by atoms with Crippen LogP contribution in [0, 0.1) is 0 Å². The molecule has 0 unspecified atom stereocenters. The van der Waals surface area contributed by atoms with Gasteiger partial charge in [-0.15, -0.1) is 0 Å². The fourth-order valence-corrected chi connectivity index (χ4v) is 2.46. The molecule has 2 rings (SSSR count). The first-order valence-electron chi connectivity index (χ1n) is 7.71. The van der Waals surface area contributed by atoms with Crippen LogP contribution in [0.15, 0.2) is 48.5 Å². The van der Waals surface area contributed by atoms with Crippen molar-refractivity contribution in [3.63, 3.8) is 0 Å². The second kappa shape index (κ2) is 9.25. The van der Waals surface area contributed by atoms with Crippen molar-refractivity contribution in [2.75, 3.05) is 11.9 Å². The topological polar surface area (TPSA) is 55.4 Å². The normalized spacial score (nSPS) is 10.7. The monoisotopic (exact) mass is 377 g/mol. The predicted molar refractivity (Wildman–Crippen MR) is 101 cm³/mol. The third kappa shape index (κ3) is 5.93. The summed E-state index contributed by atoms with van der Waals surface area (Å²) in [6.45, 7) is 2.28. The maximum absolute atomic E-state index is 12.0. The summed E-state index contributed by atoms with van der Waals surface area (Å²) < 4.78 is 5.07. The lowest BCUT2D eigenvalue weighted by Crippen LogP contribution is -2.10. The van der Waals surface area contributed by atoms with Gasteiger partial charge in [0.2, 0.25) is 5.91 Å². The predicted octanol–water partition coefficient (Wildman–Crippen LogP) is 5.21. The van der Waals surface area contributed by atoms with Crippen LogP contribution in [0.1, 0.15) is 29.3 Å². The van der Waals surface area contributed by atoms with Gasteiger partial charge in [-0.25, -0.2) is 4.79 Å². The van der Waals surface area contributed by atoms with E-state index in [1.165, 1.54) is 6.08 Å². The van der Waals surface area contributed by atoms with E-state index in [9.17, 15) is 9.59 Å². The Morgan fingerprint density at radius 1 is 1.16 bits per heavy atom. The highest BCUT2D eigenvalue weighted by Gasteiger charge is 2.08. The van der Waals surface area contributed by atoms with Crippen LogP contribution in [0.2, 0.25) is 10.0 Å². The van der Waals surface area contributed by atoms with Gasteiger partial charge in [-0.3, -0.25) is 4.79 Å². The van der Waals surface area contributed by atoms with Crippen LogP contribution in [0.5, 0.6) is 0 Å². The molecule has 1 amide bonds. The summed E-state index contributed by atoms with van der Waals surface area (Å²) in [5.41, 5.74) is 1.57. The Balaban J connectivity index is 2.02. The largest absolute Gasteiger partial charge is 0.462 e. The molecule has 2 aromatic carbocycles. The Morgan fingerprint density at radius 2 is 1.96 bits per heavy atom. The maximum atomic E-state index is 12.0. The van der Waals surface area contributed by atoms with Gasteiger partial charge in [-0.05, 0) is 48.4 Å². The average molecular weight is 378 g/mol. The highest BCUT2D eigenvalue weighted by atomic mass is 35.5. The van der Waals surface area contributed by atoms with Crippen molar-refractivity contribution in [2.45, 2.75) is 13.3 Å². The van der Waals surface area contributed by atoms with Gasteiger partial charge < -0.3 is 10.1 Å². The molecule has 0 aliphatic rings. The highest BCUT2D eigenvalue weighted by molar-refractivity contribution is 6.35. The maximum Gasteiger partial charge on any atom is 0.338 e. The first-order valence-corrected chi connectivity index (χ1v) is 8.46. The van der Waals surface area contributed by atoms with Crippen LogP contribution in [-0.2, 0) is 9.53 Å². The van der Waals surface area contributed by atoms with Crippen molar-refractivity contribution in [1.82, 2.24) is 0 Å². The van der Waals surface area contributed by atoms with Crippen molar-refractivity contribution < 1.29 is 14.3 Å². The summed E-state index contributed by atoms with van der Waals surface area (Å²) in [6, 6.07) is 11.6. The van der Waals surface area contributed by atoms with E-state index in [2.05, 4.69) is 5.32 Å². The van der Waals surface area contributed by atoms with Crippen molar-refractivity contribution in [3.05, 3.63) is 69.7 Å². The molecule has 0 aromatic heterocycles. The minimum atomic E-state index is -0.415. The van der Waals surface area contributed by atoms with Crippen LogP contribution in [0.4, 0.5) is 5.69 Å². The van der Waals surface area contributed by atoms with Gasteiger partial charge in [0.15, 0.2) is 0 Å². The van der Waals surface area contributed by atoms with E-state index in [1.807, 2.05) is 6.92 Å². The minimum absolute atomic E-state index is 0.343. The fourth-order valence-electron chi connectivity index (χ4n) is 1.99. The number of ether oxygens (including phenoxy) is 1. The molecule has 6 heteroatoms. The lowest BCUT2D eigenvalue weighted by atomic mass is 10.2. The molecule has 0 spiro atoms. The summed E-state index contributed by atoms with van der Waals surface area (Å²) >= 11 is 11.9. The zero-order valence-corrected chi connectivity index (χ0v) is 15.1. The van der Waals surface area contributed by atoms with E-state index >= 15 is 0 Å². The van der Waals surface area contributed by atoms with Gasteiger partial charge >= 0.3 is 5.97 Å². The lowest BCUT2D eigenvalue weighted by molar-refractivity contribution is -0.111. The smallest absolute Gasteiger partial charge is 0.338 e. The van der Waals surface area contributed by atoms with Gasteiger partial charge in [0.05, 0.1) is 12.2 Å². The summed E-state index contributed by atoms with van der Waals surface area (Å²) in [5.74, 6) is -0.758. The minimum Gasteiger partial charge on any atom is -0.462 e. The van der Waals surface area contributed by atoms with Crippen LogP contribution in [0.25, 0.3) is 6.08 Å². The first-order chi connectivity index (χ1) is 12.0. The number of nitrogens with one attached hydrogen (secondary N) is 1. The van der Waals surface area contributed by atoms with Crippen molar-refractivity contribution in [3.8, 4) is 0 Å². The van der Waals surface area contributed by atoms with Gasteiger partial charge in [-0.1, -0.05) is 42.3 Å². The lowest BCUT2D eigenvalue weighted by Gasteiger charge is -2.06. The van der Waals surface area contributed by atoms with Crippen molar-refractivity contribution >= 4 is 46.8 Å². The SMILES string of the molecule is CCCOC(=O)c1cccc(NC(=O)C=Cc2ccc(Cl)cc2Cl)c1. The average Bonchev–Trinajstić information content (AvgIpc) is 2.59. The van der Waals surface area contributed by atoms with Crippen molar-refractivity contribution in [2.24, 2.45) is 0 Å². The molecule has 0 aliphatic carbocycles. The fraction of sp³-hybridized carbons (Fsp3) is 0.158. The Hall–Kier alpha value is -2.30. The molecule has 0 atom stereocenters. The van der Waals surface area contributed by atoms with E-state index in [-0.39, 0.29) is 5.91 Å². The van der Waals surface area contributed by atoms with E-state index < -0.39 is 5.97 Å². The molecule has 0 radical (unpaired) electrons. The zero-order valence-electron chi connectivity index (χ0n) is 13.6. The molecule has 0 saturated heterocycles. The Kier molecular flexibility index (Phi) is 7.04. The van der Waals surface area contributed by atoms with Crippen LogP contribution >= 0.6 is 23.2 Å². The van der Waals surface area contributed by atoms with Gasteiger partial charge in [-0.2, -0.15) is 0 Å². The zero-order chi connectivity index (χ0) is 18.2. The molecule has 0 saturated carbocycles. The number of rotatable bonds is 6. The number of hydrogen-bond donors (Lipinski definition) is 1. The van der Waals surface area contributed by atoms with E-state index in [0.717, 1.165) is 6.42 Å². The summed E-state index contributed by atoms with van der Waals surface area (Å²) in [6.07, 6.45) is 3.70. The van der Waals surface area contributed by atoms with E-state index in [1.54, 1.807) is 48.5 Å². The first kappa shape index (κ1) is 19.0. The molecule has 130 valence electrons. The molecule has 2 aromatic rings. The molecule has 0 fully saturated rings. The number of benzene rings is 2. The summed E-state index contributed by atoms with van der Waals surface area (Å²) in [7, 11) is 0. The summed E-state index contributed by atoms with van der Waals surface area (Å²) in [5, 5.41) is 3.67. The third-order valence-corrected chi connectivity index (χ3v) is 3.74. The van der Waals surface area contributed by atoms with E-state index in [0.29, 0.717) is 33.5 Å². The van der Waals surface area contributed by atoms with Crippen molar-refractivity contribution in [1.29, 1.82) is 0 Å². The van der Waals surface area contributed by atoms with Crippen LogP contribution in [-0.4, -0.2) is 18.5 Å². The van der Waals surface area contributed by atoms with Gasteiger partial charge in [0, 0.05) is 21.8 Å². The second-order valence-corrected chi connectivity index (χ2v) is 6.05. The van der Waals surface area contributed by atoms with Gasteiger partial charge in [0.1, 0.15) is 0 Å². The molecule has 25 heavy (non-hydrogen) atoms. The van der Waals surface area contributed by atoms with E-state index in [4.69, 9.17) is 27.9 Å². The number of carbonyl (C=O) groups excluding carboxylic acids is 2. The Labute approximate surface area is 156 Å². The van der Waals surface area contributed by atoms with Gasteiger partial charge in [0.25, 0.3) is 0 Å². The number of hydrogen-bond acceptors (Lipinski definition) is 3. The number of esters is 1. The van der Waals surface area contributed by atoms with Crippen LogP contribution < -0.4 is 5.32 Å². The standard InChI is InChI=1S/C19H17Cl2NO3/c1-2-10-25-19(24)14-4-3-5-16(11-14)22-18(23)9-7-13-6-8-15(20)12-17(13)21/h3-9,11-12H,2,10H2,1H3,(H,22,23). The quantitative estimate of drug-likeness (QED) is 0.554. The number of carbonyl (C=O) groups is 2. The molecule has 0 heterocycles. The van der Waals surface area contributed by atoms with Crippen LogP contribution in [0.3, 0.4) is 0 Å². The Morgan fingerprint density at radius 3 is 2.68 bits per heavy atom.